The number of esters is 1. The van der Waals surface area contributed by atoms with Crippen molar-refractivity contribution in [2.45, 2.75) is 19.3 Å². The highest BCUT2D eigenvalue weighted by atomic mass is 16.5. The Balaban J connectivity index is 2.57. The van der Waals surface area contributed by atoms with Crippen molar-refractivity contribution in [2.75, 3.05) is 14.2 Å². The van der Waals surface area contributed by atoms with Gasteiger partial charge in [-0.2, -0.15) is 0 Å². The zero-order valence-electron chi connectivity index (χ0n) is 11.0. The summed E-state index contributed by atoms with van der Waals surface area (Å²) >= 11 is 0. The average Bonchev–Trinajstić information content (AvgIpc) is 2.46. The first-order chi connectivity index (χ1) is 9.12. The van der Waals surface area contributed by atoms with Gasteiger partial charge in [-0.25, -0.2) is 4.79 Å². The lowest BCUT2D eigenvalue weighted by atomic mass is 9.93. The highest BCUT2D eigenvalue weighted by molar-refractivity contribution is 5.78. The van der Waals surface area contributed by atoms with Crippen LogP contribution in [0.5, 0.6) is 0 Å². The molecule has 0 aromatic rings. The molecule has 0 saturated carbocycles. The molecule has 1 rings (SSSR count). The van der Waals surface area contributed by atoms with Gasteiger partial charge in [-0.05, 0) is 12.8 Å². The van der Waals surface area contributed by atoms with E-state index in [9.17, 15) is 14.4 Å². The minimum absolute atomic E-state index is 0.0944. The predicted molar refractivity (Wildman–Crippen MR) is 66.9 cm³/mol. The maximum atomic E-state index is 11.3. The summed E-state index contributed by atoms with van der Waals surface area (Å²) in [6.07, 6.45) is 6.48. The Kier molecular flexibility index (Phi) is 5.78. The molecule has 0 aromatic carbocycles. The molecule has 6 nitrogen and oxygen atoms in total. The SMILES string of the molecule is COC(=O)CCC[C@@H]1C=CN(C(=O)OC)C=C1C=O. The summed E-state index contributed by atoms with van der Waals surface area (Å²) < 4.78 is 9.10. The van der Waals surface area contributed by atoms with E-state index in [2.05, 4.69) is 9.47 Å². The molecule has 1 atom stereocenters. The Bertz CT molecular complexity index is 413. The summed E-state index contributed by atoms with van der Waals surface area (Å²) in [6, 6.07) is 0. The molecule has 0 unspecified atom stereocenters. The molecule has 104 valence electrons. The second-order valence-corrected chi connectivity index (χ2v) is 4.04. The van der Waals surface area contributed by atoms with Gasteiger partial charge in [0.1, 0.15) is 6.29 Å². The van der Waals surface area contributed by atoms with Crippen molar-refractivity contribution in [1.82, 2.24) is 4.90 Å². The monoisotopic (exact) mass is 267 g/mol. The van der Waals surface area contributed by atoms with Gasteiger partial charge in [-0.3, -0.25) is 14.5 Å². The molecule has 0 saturated heterocycles. The number of ether oxygens (including phenoxy) is 2. The smallest absolute Gasteiger partial charge is 0.417 e. The van der Waals surface area contributed by atoms with Gasteiger partial charge >= 0.3 is 12.1 Å². The van der Waals surface area contributed by atoms with Gasteiger partial charge in [0.05, 0.1) is 14.2 Å². The van der Waals surface area contributed by atoms with Crippen molar-refractivity contribution >= 4 is 18.3 Å². The zero-order valence-corrected chi connectivity index (χ0v) is 11.0. The van der Waals surface area contributed by atoms with Crippen LogP contribution in [0, 0.1) is 5.92 Å². The van der Waals surface area contributed by atoms with Crippen molar-refractivity contribution in [2.24, 2.45) is 5.92 Å². The molecule has 19 heavy (non-hydrogen) atoms. The van der Waals surface area contributed by atoms with Gasteiger partial charge in [0.2, 0.25) is 0 Å². The number of carbonyl (C=O) groups is 3. The van der Waals surface area contributed by atoms with Gasteiger partial charge in [0, 0.05) is 30.3 Å². The van der Waals surface area contributed by atoms with Gasteiger partial charge in [-0.1, -0.05) is 6.08 Å². The molecular weight excluding hydrogens is 250 g/mol. The fraction of sp³-hybridized carbons (Fsp3) is 0.462. The second kappa shape index (κ2) is 7.35. The molecule has 0 fully saturated rings. The van der Waals surface area contributed by atoms with Crippen LogP contribution in [-0.4, -0.2) is 37.5 Å². The van der Waals surface area contributed by atoms with Crippen molar-refractivity contribution < 1.29 is 23.9 Å². The standard InChI is InChI=1S/C13H17NO5/c1-18-12(16)5-3-4-10-6-7-14(13(17)19-2)8-11(10)9-15/h6-10H,3-5H2,1-2H3/t10-/m1/s1. The number of rotatable bonds is 5. The topological polar surface area (TPSA) is 72.9 Å². The minimum Gasteiger partial charge on any atom is -0.469 e. The molecule has 1 heterocycles. The molecule has 1 amide bonds. The Hall–Kier alpha value is -2.11. The number of carbonyl (C=O) groups excluding carboxylic acids is 3. The third-order valence-electron chi connectivity index (χ3n) is 2.84. The Morgan fingerprint density at radius 1 is 1.37 bits per heavy atom. The summed E-state index contributed by atoms with van der Waals surface area (Å²) in [5.41, 5.74) is 0.484. The van der Waals surface area contributed by atoms with Crippen LogP contribution >= 0.6 is 0 Å². The van der Waals surface area contributed by atoms with Crippen LogP contribution in [0.2, 0.25) is 0 Å². The van der Waals surface area contributed by atoms with E-state index in [1.54, 1.807) is 12.3 Å². The third-order valence-corrected chi connectivity index (χ3v) is 2.84. The number of hydrogen-bond donors (Lipinski definition) is 0. The number of aldehydes is 1. The van der Waals surface area contributed by atoms with Crippen LogP contribution in [-0.2, 0) is 19.1 Å². The van der Waals surface area contributed by atoms with Crippen molar-refractivity contribution in [3.8, 4) is 0 Å². The van der Waals surface area contributed by atoms with E-state index in [0.29, 0.717) is 31.1 Å². The normalized spacial score (nSPS) is 17.7. The number of hydrogen-bond acceptors (Lipinski definition) is 5. The second-order valence-electron chi connectivity index (χ2n) is 4.04. The molecule has 0 aromatic heterocycles. The summed E-state index contributed by atoms with van der Waals surface area (Å²) in [6.45, 7) is 0. The third kappa shape index (κ3) is 4.24. The van der Waals surface area contributed by atoms with Gasteiger partial charge in [0.25, 0.3) is 0 Å². The average molecular weight is 267 g/mol. The van der Waals surface area contributed by atoms with Crippen molar-refractivity contribution in [3.05, 3.63) is 24.0 Å². The number of methoxy groups -OCH3 is 2. The fourth-order valence-corrected chi connectivity index (χ4v) is 1.78. The zero-order chi connectivity index (χ0) is 14.3. The van der Waals surface area contributed by atoms with E-state index in [0.717, 1.165) is 0 Å². The quantitative estimate of drug-likeness (QED) is 0.559. The van der Waals surface area contributed by atoms with Crippen LogP contribution in [0.3, 0.4) is 0 Å². The maximum absolute atomic E-state index is 11.3. The molecular formula is C13H17NO5. The Morgan fingerprint density at radius 3 is 2.68 bits per heavy atom. The predicted octanol–water partition coefficient (Wildman–Crippen LogP) is 1.62. The van der Waals surface area contributed by atoms with Gasteiger partial charge < -0.3 is 9.47 Å². The van der Waals surface area contributed by atoms with Crippen LogP contribution in [0.25, 0.3) is 0 Å². The molecule has 0 radical (unpaired) electrons. The lowest BCUT2D eigenvalue weighted by molar-refractivity contribution is -0.140. The molecule has 1 aliphatic rings. The first-order valence-electron chi connectivity index (χ1n) is 5.90. The number of allylic oxidation sites excluding steroid dienone is 2. The largest absolute Gasteiger partial charge is 0.469 e. The molecule has 0 spiro atoms. The summed E-state index contributed by atoms with van der Waals surface area (Å²) in [7, 11) is 2.61. The van der Waals surface area contributed by atoms with Crippen LogP contribution < -0.4 is 0 Å². The number of amides is 1. The van der Waals surface area contributed by atoms with E-state index in [1.807, 2.05) is 0 Å². The molecule has 0 aliphatic carbocycles. The summed E-state index contributed by atoms with van der Waals surface area (Å²) in [5, 5.41) is 0. The first kappa shape index (κ1) is 14.9. The molecule has 0 N–H and O–H groups in total. The van der Waals surface area contributed by atoms with E-state index in [4.69, 9.17) is 0 Å². The lowest BCUT2D eigenvalue weighted by Crippen LogP contribution is -2.24. The van der Waals surface area contributed by atoms with Gasteiger partial charge in [-0.15, -0.1) is 0 Å². The Labute approximate surface area is 111 Å². The molecule has 0 bridgehead atoms. The van der Waals surface area contributed by atoms with Gasteiger partial charge in [0.15, 0.2) is 0 Å². The van der Waals surface area contributed by atoms with Crippen molar-refractivity contribution in [3.63, 3.8) is 0 Å². The van der Waals surface area contributed by atoms with Crippen LogP contribution in [0.1, 0.15) is 19.3 Å². The number of nitrogens with zero attached hydrogens (tertiary/aromatic N) is 1. The summed E-state index contributed by atoms with van der Waals surface area (Å²) in [4.78, 5) is 34.5. The van der Waals surface area contributed by atoms with Crippen LogP contribution in [0.15, 0.2) is 24.0 Å². The van der Waals surface area contributed by atoms with E-state index < -0.39 is 6.09 Å². The fourth-order valence-electron chi connectivity index (χ4n) is 1.78. The van der Waals surface area contributed by atoms with Crippen LogP contribution in [0.4, 0.5) is 4.79 Å². The highest BCUT2D eigenvalue weighted by Crippen LogP contribution is 2.23. The summed E-state index contributed by atoms with van der Waals surface area (Å²) in [5.74, 6) is -0.365. The lowest BCUT2D eigenvalue weighted by Gasteiger charge is -2.22. The molecule has 6 heteroatoms. The highest BCUT2D eigenvalue weighted by Gasteiger charge is 2.20. The molecule has 1 aliphatic heterocycles. The maximum Gasteiger partial charge on any atom is 0.417 e. The Morgan fingerprint density at radius 2 is 2.11 bits per heavy atom. The van der Waals surface area contributed by atoms with Crippen molar-refractivity contribution in [1.29, 1.82) is 0 Å². The first-order valence-corrected chi connectivity index (χ1v) is 5.90. The minimum atomic E-state index is -0.552. The van der Waals surface area contributed by atoms with E-state index >= 15 is 0 Å². The van der Waals surface area contributed by atoms with E-state index in [1.165, 1.54) is 25.3 Å². The van der Waals surface area contributed by atoms with E-state index in [-0.39, 0.29) is 11.9 Å².